The molecule has 1 aromatic carbocycles. The van der Waals surface area contributed by atoms with Gasteiger partial charge in [-0.1, -0.05) is 17.1 Å². The normalized spacial score (nSPS) is 19.0. The predicted octanol–water partition coefficient (Wildman–Crippen LogP) is 2.03. The van der Waals surface area contributed by atoms with Gasteiger partial charge in [0, 0.05) is 24.8 Å². The minimum Gasteiger partial charge on any atom is -0.336 e. The SMILES string of the molecule is Cc1cccc(NC(=O)NCC2(N)CCN(c3[nH+]cnc4[nH]cc(C)c34)C2)c1C. The van der Waals surface area contributed by atoms with E-state index in [1.54, 1.807) is 6.33 Å². The van der Waals surface area contributed by atoms with Gasteiger partial charge in [-0.25, -0.2) is 9.78 Å². The Bertz CT molecular complexity index is 1060. The maximum absolute atomic E-state index is 12.4. The van der Waals surface area contributed by atoms with Crippen molar-refractivity contribution in [2.45, 2.75) is 32.7 Å². The molecule has 152 valence electrons. The molecule has 8 nitrogen and oxygen atoms in total. The van der Waals surface area contributed by atoms with E-state index in [1.165, 1.54) is 0 Å². The van der Waals surface area contributed by atoms with E-state index < -0.39 is 5.54 Å². The third-order valence-corrected chi connectivity index (χ3v) is 5.84. The number of carbonyl (C=O) groups is 1. The third-order valence-electron chi connectivity index (χ3n) is 5.84. The minimum atomic E-state index is -0.493. The fraction of sp³-hybridized carbons (Fsp3) is 0.381. The lowest BCUT2D eigenvalue weighted by atomic mass is 10.0. The first kappa shape index (κ1) is 19.2. The highest BCUT2D eigenvalue weighted by atomic mass is 16.2. The Kier molecular flexibility index (Phi) is 4.87. The van der Waals surface area contributed by atoms with Crippen molar-refractivity contribution in [2.24, 2.45) is 5.73 Å². The van der Waals surface area contributed by atoms with Gasteiger partial charge in [0.1, 0.15) is 5.39 Å². The third kappa shape index (κ3) is 3.75. The summed E-state index contributed by atoms with van der Waals surface area (Å²) in [6, 6.07) is 5.63. The standard InChI is InChI=1S/C21H27N7O/c1-13-5-4-6-16(15(13)3)27-20(29)24-10-21(22)7-8-28(11-21)19-17-14(2)9-23-18(17)25-12-26-19/h4-6,9,12H,7-8,10-11,22H2,1-3H3,(H,23,25,26)(H2,24,27,29)/p+1. The average Bonchev–Trinajstić information content (AvgIpc) is 3.28. The number of benzene rings is 1. The zero-order chi connectivity index (χ0) is 20.6. The van der Waals surface area contributed by atoms with Gasteiger partial charge >= 0.3 is 6.03 Å². The Balaban J connectivity index is 1.40. The van der Waals surface area contributed by atoms with Crippen molar-refractivity contribution >= 4 is 28.6 Å². The number of anilines is 2. The number of amides is 2. The molecule has 29 heavy (non-hydrogen) atoms. The number of carbonyl (C=O) groups excluding carboxylic acids is 1. The molecule has 6 N–H and O–H groups in total. The molecule has 1 aliphatic heterocycles. The number of nitrogens with one attached hydrogen (secondary N) is 4. The second-order valence-corrected chi connectivity index (χ2v) is 8.04. The van der Waals surface area contributed by atoms with Crippen LogP contribution >= 0.6 is 0 Å². The maximum Gasteiger partial charge on any atom is 0.319 e. The van der Waals surface area contributed by atoms with Crippen LogP contribution in [0.4, 0.5) is 16.3 Å². The van der Waals surface area contributed by atoms with E-state index in [0.717, 1.165) is 52.2 Å². The van der Waals surface area contributed by atoms with Crippen molar-refractivity contribution in [3.63, 3.8) is 0 Å². The molecule has 0 spiro atoms. The molecule has 3 heterocycles. The van der Waals surface area contributed by atoms with Crippen molar-refractivity contribution in [1.82, 2.24) is 15.3 Å². The topological polar surface area (TPSA) is 113 Å². The van der Waals surface area contributed by atoms with E-state index in [1.807, 2.05) is 38.2 Å². The number of urea groups is 1. The van der Waals surface area contributed by atoms with Gasteiger partial charge in [-0.15, -0.1) is 0 Å². The van der Waals surface area contributed by atoms with E-state index in [-0.39, 0.29) is 6.03 Å². The fourth-order valence-electron chi connectivity index (χ4n) is 3.93. The lowest BCUT2D eigenvalue weighted by molar-refractivity contribution is -0.366. The lowest BCUT2D eigenvalue weighted by Crippen LogP contribution is -2.53. The second-order valence-electron chi connectivity index (χ2n) is 8.04. The Hall–Kier alpha value is -3.13. The molecular formula is C21H28N7O+. The van der Waals surface area contributed by atoms with Crippen LogP contribution < -0.4 is 26.3 Å². The van der Waals surface area contributed by atoms with Gasteiger partial charge in [0.2, 0.25) is 17.8 Å². The first-order valence-corrected chi connectivity index (χ1v) is 9.85. The number of hydrogen-bond donors (Lipinski definition) is 4. The van der Waals surface area contributed by atoms with E-state index in [0.29, 0.717) is 13.1 Å². The van der Waals surface area contributed by atoms with Crippen molar-refractivity contribution in [3.05, 3.63) is 47.4 Å². The van der Waals surface area contributed by atoms with Crippen LogP contribution in [0.2, 0.25) is 0 Å². The molecule has 0 aliphatic carbocycles. The van der Waals surface area contributed by atoms with Gasteiger partial charge in [-0.05, 0) is 43.5 Å². The van der Waals surface area contributed by atoms with Crippen LogP contribution in [0.1, 0.15) is 23.1 Å². The Morgan fingerprint density at radius 3 is 3.00 bits per heavy atom. The molecule has 0 bridgehead atoms. The first-order chi connectivity index (χ1) is 13.9. The molecule has 0 radical (unpaired) electrons. The number of hydrogen-bond acceptors (Lipinski definition) is 4. The molecule has 2 amide bonds. The highest BCUT2D eigenvalue weighted by molar-refractivity contribution is 5.90. The van der Waals surface area contributed by atoms with Crippen LogP contribution in [0.25, 0.3) is 11.0 Å². The monoisotopic (exact) mass is 394 g/mol. The van der Waals surface area contributed by atoms with Gasteiger partial charge in [0.25, 0.3) is 0 Å². The van der Waals surface area contributed by atoms with Crippen LogP contribution in [-0.4, -0.2) is 41.2 Å². The van der Waals surface area contributed by atoms with Crippen molar-refractivity contribution in [1.29, 1.82) is 0 Å². The summed E-state index contributed by atoms with van der Waals surface area (Å²) in [4.78, 5) is 25.4. The summed E-state index contributed by atoms with van der Waals surface area (Å²) >= 11 is 0. The molecule has 1 fully saturated rings. The van der Waals surface area contributed by atoms with E-state index >= 15 is 0 Å². The summed E-state index contributed by atoms with van der Waals surface area (Å²) in [5.74, 6) is 1.01. The van der Waals surface area contributed by atoms with Crippen LogP contribution in [0, 0.1) is 20.8 Å². The van der Waals surface area contributed by atoms with Crippen molar-refractivity contribution in [2.75, 3.05) is 29.9 Å². The van der Waals surface area contributed by atoms with Crippen LogP contribution in [0.5, 0.6) is 0 Å². The molecule has 1 saturated heterocycles. The molecule has 1 unspecified atom stereocenters. The first-order valence-electron chi connectivity index (χ1n) is 9.85. The highest BCUT2D eigenvalue weighted by Gasteiger charge is 2.39. The second kappa shape index (κ2) is 7.36. The summed E-state index contributed by atoms with van der Waals surface area (Å²) in [7, 11) is 0. The molecule has 0 saturated carbocycles. The fourth-order valence-corrected chi connectivity index (χ4v) is 3.93. The average molecular weight is 395 g/mol. The number of aryl methyl sites for hydroxylation is 2. The lowest BCUT2D eigenvalue weighted by Gasteiger charge is -2.23. The summed E-state index contributed by atoms with van der Waals surface area (Å²) in [5, 5.41) is 6.95. The molecule has 4 rings (SSSR count). The number of nitrogens with two attached hydrogens (primary N) is 1. The Labute approximate surface area is 169 Å². The van der Waals surface area contributed by atoms with Gasteiger partial charge in [-0.2, -0.15) is 0 Å². The summed E-state index contributed by atoms with van der Waals surface area (Å²) in [5.41, 5.74) is 11.1. The quantitative estimate of drug-likeness (QED) is 0.542. The number of aromatic nitrogens is 3. The zero-order valence-electron chi connectivity index (χ0n) is 17.1. The number of fused-ring (bicyclic) bond motifs is 1. The smallest absolute Gasteiger partial charge is 0.319 e. The number of nitrogens with zero attached hydrogens (tertiary/aromatic N) is 2. The summed E-state index contributed by atoms with van der Waals surface area (Å²) in [6.07, 6.45) is 4.44. The van der Waals surface area contributed by atoms with Gasteiger partial charge in [0.05, 0.1) is 18.6 Å². The predicted molar refractivity (Wildman–Crippen MR) is 114 cm³/mol. The van der Waals surface area contributed by atoms with Crippen LogP contribution in [0.15, 0.2) is 30.7 Å². The number of aromatic amines is 2. The van der Waals surface area contributed by atoms with Crippen molar-refractivity contribution in [3.8, 4) is 0 Å². The Morgan fingerprint density at radius 2 is 2.17 bits per heavy atom. The zero-order valence-corrected chi connectivity index (χ0v) is 17.1. The molecule has 1 aliphatic rings. The molecule has 3 aromatic rings. The van der Waals surface area contributed by atoms with Gasteiger partial charge in [-0.3, -0.25) is 4.90 Å². The highest BCUT2D eigenvalue weighted by Crippen LogP contribution is 2.28. The van der Waals surface area contributed by atoms with Gasteiger partial charge < -0.3 is 21.4 Å². The van der Waals surface area contributed by atoms with Crippen molar-refractivity contribution < 1.29 is 9.78 Å². The molecule has 1 atom stereocenters. The summed E-state index contributed by atoms with van der Waals surface area (Å²) < 4.78 is 0. The largest absolute Gasteiger partial charge is 0.336 e. The van der Waals surface area contributed by atoms with E-state index in [4.69, 9.17) is 5.73 Å². The maximum atomic E-state index is 12.4. The number of rotatable bonds is 4. The summed E-state index contributed by atoms with van der Waals surface area (Å²) in [6.45, 7) is 7.95. The number of H-pyrrole nitrogens is 2. The molecular weight excluding hydrogens is 366 g/mol. The molecule has 2 aromatic heterocycles. The van der Waals surface area contributed by atoms with Gasteiger partial charge in [0.15, 0.2) is 0 Å². The van der Waals surface area contributed by atoms with Crippen LogP contribution in [0.3, 0.4) is 0 Å². The minimum absolute atomic E-state index is 0.235. The van der Waals surface area contributed by atoms with E-state index in [2.05, 4.69) is 37.4 Å². The Morgan fingerprint density at radius 1 is 1.34 bits per heavy atom. The van der Waals surface area contributed by atoms with Crippen LogP contribution in [-0.2, 0) is 0 Å². The molecule has 8 heteroatoms. The van der Waals surface area contributed by atoms with E-state index in [9.17, 15) is 4.79 Å².